The van der Waals surface area contributed by atoms with E-state index in [1.165, 1.54) is 24.4 Å². The van der Waals surface area contributed by atoms with Gasteiger partial charge in [-0.2, -0.15) is 10.1 Å². The fourth-order valence-electron chi connectivity index (χ4n) is 4.21. The average Bonchev–Trinajstić information content (AvgIpc) is 3.33. The zero-order valence-corrected chi connectivity index (χ0v) is 14.4. The topological polar surface area (TPSA) is 102 Å². The first-order valence-electron chi connectivity index (χ1n) is 8.64. The number of imide groups is 1. The van der Waals surface area contributed by atoms with Crippen molar-refractivity contribution >= 4 is 23.7 Å². The molecule has 1 saturated carbocycles. The Kier molecular flexibility index (Phi) is 4.10. The number of nitro benzene ring substituents is 1. The minimum absolute atomic E-state index is 0.0205. The first-order valence-corrected chi connectivity index (χ1v) is 8.64. The Labute approximate surface area is 154 Å². The summed E-state index contributed by atoms with van der Waals surface area (Å²) >= 11 is 0. The molecule has 4 atom stereocenters. The van der Waals surface area contributed by atoms with E-state index in [1.54, 1.807) is 6.07 Å². The summed E-state index contributed by atoms with van der Waals surface area (Å²) in [6.45, 7) is 3.61. The van der Waals surface area contributed by atoms with Crippen LogP contribution in [0.25, 0.3) is 0 Å². The fourth-order valence-corrected chi connectivity index (χ4v) is 4.21. The number of hydrogen-bond donors (Lipinski definition) is 0. The molecule has 4 rings (SSSR count). The minimum Gasteiger partial charge on any atom is -0.482 e. The molecular weight excluding hydrogens is 350 g/mol. The van der Waals surface area contributed by atoms with Crippen molar-refractivity contribution in [1.82, 2.24) is 5.01 Å². The fraction of sp³-hybridized carbons (Fsp3) is 0.316. The zero-order chi connectivity index (χ0) is 19.1. The van der Waals surface area contributed by atoms with Gasteiger partial charge in [-0.1, -0.05) is 30.9 Å². The predicted octanol–water partition coefficient (Wildman–Crippen LogP) is 2.30. The zero-order valence-electron chi connectivity index (χ0n) is 14.4. The summed E-state index contributed by atoms with van der Waals surface area (Å²) in [5.74, 6) is -1.08. The van der Waals surface area contributed by atoms with Crippen LogP contribution in [0.15, 0.2) is 48.1 Å². The molecule has 2 fully saturated rings. The van der Waals surface area contributed by atoms with Crippen molar-refractivity contribution in [3.8, 4) is 5.75 Å². The maximum absolute atomic E-state index is 12.6. The SMILES string of the molecule is C=CCOc1c(C=NN2C(=O)C3C4C=CC(C4)C3C2=O)cccc1[N+](=O)[O-]. The molecule has 1 saturated heterocycles. The Morgan fingerprint density at radius 2 is 1.93 bits per heavy atom. The van der Waals surface area contributed by atoms with E-state index in [2.05, 4.69) is 11.7 Å². The largest absolute Gasteiger partial charge is 0.482 e. The highest BCUT2D eigenvalue weighted by atomic mass is 16.6. The lowest BCUT2D eigenvalue weighted by atomic mass is 9.85. The number of carbonyl (C=O) groups excluding carboxylic acids is 2. The van der Waals surface area contributed by atoms with Crippen molar-refractivity contribution in [1.29, 1.82) is 0 Å². The standard InChI is InChI=1S/C19H17N3O5/c1-2-8-27-17-13(4-3-5-14(17)22(25)26)10-20-21-18(23)15-11-6-7-12(9-11)16(15)19(21)24/h2-7,10-12,15-16H,1,8-9H2. The van der Waals surface area contributed by atoms with E-state index in [-0.39, 0.29) is 53.5 Å². The molecule has 0 spiro atoms. The monoisotopic (exact) mass is 367 g/mol. The highest BCUT2D eigenvalue weighted by molar-refractivity contribution is 6.07. The molecule has 0 N–H and O–H groups in total. The van der Waals surface area contributed by atoms with E-state index >= 15 is 0 Å². The number of ether oxygens (including phenoxy) is 1. The maximum atomic E-state index is 12.6. The van der Waals surface area contributed by atoms with Gasteiger partial charge in [-0.3, -0.25) is 19.7 Å². The Morgan fingerprint density at radius 1 is 1.26 bits per heavy atom. The number of allylic oxidation sites excluding steroid dienone is 2. The first-order chi connectivity index (χ1) is 13.0. The smallest absolute Gasteiger partial charge is 0.311 e. The summed E-state index contributed by atoms with van der Waals surface area (Å²) in [5.41, 5.74) is 0.0868. The van der Waals surface area contributed by atoms with Crippen molar-refractivity contribution < 1.29 is 19.2 Å². The van der Waals surface area contributed by atoms with Crippen LogP contribution >= 0.6 is 0 Å². The van der Waals surface area contributed by atoms with Crippen LogP contribution < -0.4 is 4.74 Å². The Balaban J connectivity index is 1.63. The van der Waals surface area contributed by atoms with Crippen molar-refractivity contribution in [2.24, 2.45) is 28.8 Å². The molecule has 0 radical (unpaired) electrons. The number of rotatable bonds is 6. The summed E-state index contributed by atoms with van der Waals surface area (Å²) in [4.78, 5) is 36.0. The van der Waals surface area contributed by atoms with Crippen molar-refractivity contribution in [2.45, 2.75) is 6.42 Å². The molecule has 138 valence electrons. The molecule has 2 aliphatic carbocycles. The molecule has 2 amide bonds. The normalized spacial score (nSPS) is 28.2. The van der Waals surface area contributed by atoms with Crippen LogP contribution in [-0.4, -0.2) is 34.6 Å². The number of para-hydroxylation sites is 1. The summed E-state index contributed by atoms with van der Waals surface area (Å²) in [5, 5.41) is 16.2. The second-order valence-corrected chi connectivity index (χ2v) is 6.79. The van der Waals surface area contributed by atoms with Crippen molar-refractivity contribution in [3.63, 3.8) is 0 Å². The van der Waals surface area contributed by atoms with E-state index in [0.717, 1.165) is 11.4 Å². The van der Waals surface area contributed by atoms with Crippen LogP contribution in [0, 0.1) is 33.8 Å². The summed E-state index contributed by atoms with van der Waals surface area (Å²) in [7, 11) is 0. The molecule has 27 heavy (non-hydrogen) atoms. The van der Waals surface area contributed by atoms with Gasteiger partial charge in [-0.05, 0) is 24.3 Å². The van der Waals surface area contributed by atoms with E-state index in [4.69, 9.17) is 4.74 Å². The van der Waals surface area contributed by atoms with Crippen LogP contribution in [0.4, 0.5) is 5.69 Å². The van der Waals surface area contributed by atoms with E-state index in [9.17, 15) is 19.7 Å². The van der Waals surface area contributed by atoms with Crippen LogP contribution in [0.5, 0.6) is 5.75 Å². The number of carbonyl (C=O) groups is 2. The number of hydrogen-bond acceptors (Lipinski definition) is 6. The summed E-state index contributed by atoms with van der Waals surface area (Å²) in [6.07, 6.45) is 7.58. The van der Waals surface area contributed by atoms with Crippen molar-refractivity contribution in [3.05, 3.63) is 58.7 Å². The van der Waals surface area contributed by atoms with Gasteiger partial charge < -0.3 is 4.74 Å². The average molecular weight is 367 g/mol. The van der Waals surface area contributed by atoms with Crippen molar-refractivity contribution in [2.75, 3.05) is 6.61 Å². The minimum atomic E-state index is -0.560. The van der Waals surface area contributed by atoms with E-state index in [0.29, 0.717) is 5.56 Å². The number of fused-ring (bicyclic) bond motifs is 5. The van der Waals surface area contributed by atoms with Gasteiger partial charge in [-0.25, -0.2) is 0 Å². The van der Waals surface area contributed by atoms with Gasteiger partial charge in [0.2, 0.25) is 5.75 Å². The molecule has 1 heterocycles. The molecule has 1 aliphatic heterocycles. The van der Waals surface area contributed by atoms with Crippen LogP contribution in [0.2, 0.25) is 0 Å². The number of nitro groups is 1. The van der Waals surface area contributed by atoms with Gasteiger partial charge in [0.25, 0.3) is 11.8 Å². The van der Waals surface area contributed by atoms with Crippen LogP contribution in [0.3, 0.4) is 0 Å². The highest BCUT2D eigenvalue weighted by Gasteiger charge is 2.59. The third-order valence-corrected chi connectivity index (χ3v) is 5.33. The predicted molar refractivity (Wildman–Crippen MR) is 96.0 cm³/mol. The maximum Gasteiger partial charge on any atom is 0.311 e. The Hall–Kier alpha value is -3.29. The van der Waals surface area contributed by atoms with Gasteiger partial charge in [-0.15, -0.1) is 0 Å². The Morgan fingerprint density at radius 3 is 2.52 bits per heavy atom. The summed E-state index contributed by atoms with van der Waals surface area (Å²) in [6, 6.07) is 4.38. The molecule has 1 aromatic rings. The Bertz CT molecular complexity index is 877. The van der Waals surface area contributed by atoms with Gasteiger partial charge in [0, 0.05) is 11.6 Å². The second-order valence-electron chi connectivity index (χ2n) is 6.79. The molecule has 8 heteroatoms. The highest BCUT2D eigenvalue weighted by Crippen LogP contribution is 2.52. The number of hydrazone groups is 1. The number of nitrogens with zero attached hydrogens (tertiary/aromatic N) is 3. The van der Waals surface area contributed by atoms with Crippen LogP contribution in [-0.2, 0) is 9.59 Å². The van der Waals surface area contributed by atoms with Gasteiger partial charge in [0.05, 0.1) is 23.0 Å². The molecule has 2 bridgehead atoms. The second kappa shape index (κ2) is 6.46. The van der Waals surface area contributed by atoms with Gasteiger partial charge in [0.15, 0.2) is 0 Å². The van der Waals surface area contributed by atoms with Gasteiger partial charge in [0.1, 0.15) is 6.61 Å². The molecule has 0 aromatic heterocycles. The lowest BCUT2D eigenvalue weighted by Gasteiger charge is -2.13. The molecule has 1 aromatic carbocycles. The lowest BCUT2D eigenvalue weighted by molar-refractivity contribution is -0.385. The molecule has 4 unspecified atom stereocenters. The van der Waals surface area contributed by atoms with E-state index < -0.39 is 4.92 Å². The van der Waals surface area contributed by atoms with Crippen LogP contribution in [0.1, 0.15) is 12.0 Å². The third-order valence-electron chi connectivity index (χ3n) is 5.33. The molecule has 3 aliphatic rings. The molecular formula is C19H17N3O5. The quantitative estimate of drug-likeness (QED) is 0.252. The number of amides is 2. The third kappa shape index (κ3) is 2.64. The molecule has 8 nitrogen and oxygen atoms in total. The first kappa shape index (κ1) is 17.1. The summed E-state index contributed by atoms with van der Waals surface area (Å²) < 4.78 is 5.42. The number of benzene rings is 1. The van der Waals surface area contributed by atoms with E-state index in [1.807, 2.05) is 12.2 Å². The van der Waals surface area contributed by atoms with Gasteiger partial charge >= 0.3 is 5.69 Å². The lowest BCUT2D eigenvalue weighted by Crippen LogP contribution is -2.28.